The van der Waals surface area contributed by atoms with Crippen molar-refractivity contribution in [3.63, 3.8) is 0 Å². The lowest BCUT2D eigenvalue weighted by molar-refractivity contribution is -0.108. The van der Waals surface area contributed by atoms with E-state index in [0.717, 1.165) is 19.1 Å². The Morgan fingerprint density at radius 3 is 2.00 bits per heavy atom. The van der Waals surface area contributed by atoms with Crippen LogP contribution >= 0.6 is 11.8 Å². The topological polar surface area (TPSA) is 17.1 Å². The minimum atomic E-state index is 0.0122. The van der Waals surface area contributed by atoms with Gasteiger partial charge in [0.15, 0.2) is 0 Å². The van der Waals surface area contributed by atoms with Gasteiger partial charge in [-0.1, -0.05) is 20.8 Å². The SMILES string of the molecule is CC(C)(C)SC1(C=O)CC1. The molecule has 10 heavy (non-hydrogen) atoms. The highest BCUT2D eigenvalue weighted by Crippen LogP contribution is 2.51. The fourth-order valence-corrected chi connectivity index (χ4v) is 2.55. The largest absolute Gasteiger partial charge is 0.302 e. The fraction of sp³-hybridized carbons (Fsp3) is 0.875. The lowest BCUT2D eigenvalue weighted by atomic mass is 10.3. The molecule has 1 fully saturated rings. The van der Waals surface area contributed by atoms with Crippen LogP contribution in [0.5, 0.6) is 0 Å². The van der Waals surface area contributed by atoms with Gasteiger partial charge in [0.25, 0.3) is 0 Å². The van der Waals surface area contributed by atoms with Gasteiger partial charge in [0.1, 0.15) is 6.29 Å². The number of carbonyl (C=O) groups excluding carboxylic acids is 1. The minimum absolute atomic E-state index is 0.0122. The van der Waals surface area contributed by atoms with Crippen molar-refractivity contribution < 1.29 is 4.79 Å². The highest BCUT2D eigenvalue weighted by Gasteiger charge is 2.45. The number of hydrogen-bond acceptors (Lipinski definition) is 2. The Hall–Kier alpha value is 0.0200. The number of rotatable bonds is 2. The van der Waals surface area contributed by atoms with Gasteiger partial charge in [0.2, 0.25) is 0 Å². The molecule has 0 bridgehead atoms. The lowest BCUT2D eigenvalue weighted by Gasteiger charge is -2.21. The zero-order chi connectivity index (χ0) is 7.83. The van der Waals surface area contributed by atoms with Crippen molar-refractivity contribution in [3.8, 4) is 0 Å². The van der Waals surface area contributed by atoms with E-state index in [2.05, 4.69) is 20.8 Å². The predicted octanol–water partition coefficient (Wildman–Crippen LogP) is 2.25. The van der Waals surface area contributed by atoms with Gasteiger partial charge >= 0.3 is 0 Å². The van der Waals surface area contributed by atoms with Crippen molar-refractivity contribution in [2.75, 3.05) is 0 Å². The predicted molar refractivity (Wildman–Crippen MR) is 45.4 cm³/mol. The summed E-state index contributed by atoms with van der Waals surface area (Å²) in [7, 11) is 0. The molecule has 1 rings (SSSR count). The number of aldehydes is 1. The molecule has 0 heterocycles. The fourth-order valence-electron chi connectivity index (χ4n) is 0.977. The van der Waals surface area contributed by atoms with E-state index in [-0.39, 0.29) is 9.49 Å². The first kappa shape index (κ1) is 8.12. The van der Waals surface area contributed by atoms with Gasteiger partial charge in [-0.25, -0.2) is 0 Å². The van der Waals surface area contributed by atoms with E-state index >= 15 is 0 Å². The van der Waals surface area contributed by atoms with Crippen LogP contribution in [0.15, 0.2) is 0 Å². The molecule has 0 radical (unpaired) electrons. The van der Waals surface area contributed by atoms with Gasteiger partial charge in [-0.3, -0.25) is 0 Å². The van der Waals surface area contributed by atoms with Crippen molar-refractivity contribution in [3.05, 3.63) is 0 Å². The van der Waals surface area contributed by atoms with E-state index in [1.54, 1.807) is 11.8 Å². The smallest absolute Gasteiger partial charge is 0.136 e. The average molecular weight is 158 g/mol. The molecule has 2 heteroatoms. The Bertz CT molecular complexity index is 142. The van der Waals surface area contributed by atoms with Crippen LogP contribution < -0.4 is 0 Å². The molecule has 0 N–H and O–H groups in total. The highest BCUT2D eigenvalue weighted by molar-refractivity contribution is 8.02. The summed E-state index contributed by atoms with van der Waals surface area (Å²) in [5.74, 6) is 0. The molecule has 58 valence electrons. The van der Waals surface area contributed by atoms with Gasteiger partial charge in [-0.15, -0.1) is 11.8 Å². The third-order valence-corrected chi connectivity index (χ3v) is 2.99. The third-order valence-electron chi connectivity index (χ3n) is 1.47. The molecule has 1 aliphatic rings. The first-order valence-electron chi connectivity index (χ1n) is 3.64. The Labute approximate surface area is 66.6 Å². The zero-order valence-corrected chi connectivity index (χ0v) is 7.62. The summed E-state index contributed by atoms with van der Waals surface area (Å²) >= 11 is 1.80. The van der Waals surface area contributed by atoms with Crippen LogP contribution in [-0.2, 0) is 4.79 Å². The van der Waals surface area contributed by atoms with Gasteiger partial charge in [0.05, 0.1) is 4.75 Å². The molecule has 0 amide bonds. The maximum atomic E-state index is 10.5. The van der Waals surface area contributed by atoms with Crippen molar-refractivity contribution in [2.24, 2.45) is 0 Å². The maximum absolute atomic E-state index is 10.5. The normalized spacial score (nSPS) is 22.3. The molecule has 0 aromatic heterocycles. The molecule has 0 aromatic carbocycles. The van der Waals surface area contributed by atoms with Gasteiger partial charge < -0.3 is 4.79 Å². The summed E-state index contributed by atoms with van der Waals surface area (Å²) in [6.07, 6.45) is 3.28. The second-order valence-electron chi connectivity index (χ2n) is 3.90. The van der Waals surface area contributed by atoms with Crippen LogP contribution in [0.4, 0.5) is 0 Å². The molecule has 1 saturated carbocycles. The summed E-state index contributed by atoms with van der Waals surface area (Å²) in [6, 6.07) is 0. The molecule has 0 saturated heterocycles. The molecule has 0 aliphatic heterocycles. The Morgan fingerprint density at radius 2 is 1.90 bits per heavy atom. The molecule has 0 unspecified atom stereocenters. The zero-order valence-electron chi connectivity index (χ0n) is 6.81. The molecule has 0 atom stereocenters. The van der Waals surface area contributed by atoms with E-state index in [1.165, 1.54) is 0 Å². The molecule has 1 aliphatic carbocycles. The summed E-state index contributed by atoms with van der Waals surface area (Å²) in [5, 5.41) is 0. The van der Waals surface area contributed by atoms with Crippen LogP contribution in [0.1, 0.15) is 33.6 Å². The number of hydrogen-bond donors (Lipinski definition) is 0. The highest BCUT2D eigenvalue weighted by atomic mass is 32.2. The second kappa shape index (κ2) is 2.26. The average Bonchev–Trinajstić information content (AvgIpc) is 2.45. The van der Waals surface area contributed by atoms with Crippen LogP contribution in [-0.4, -0.2) is 15.8 Å². The Balaban J connectivity index is 2.45. The van der Waals surface area contributed by atoms with Crippen molar-refractivity contribution in [1.82, 2.24) is 0 Å². The van der Waals surface area contributed by atoms with Crippen molar-refractivity contribution >= 4 is 18.0 Å². The Kier molecular flexibility index (Phi) is 1.84. The number of carbonyl (C=O) groups is 1. The summed E-state index contributed by atoms with van der Waals surface area (Å²) in [5.41, 5.74) is 0. The molecule has 1 nitrogen and oxygen atoms in total. The van der Waals surface area contributed by atoms with E-state index in [4.69, 9.17) is 0 Å². The van der Waals surface area contributed by atoms with E-state index in [9.17, 15) is 4.79 Å². The molecule has 0 spiro atoms. The molecule has 0 aromatic rings. The Morgan fingerprint density at radius 1 is 1.40 bits per heavy atom. The molecular weight excluding hydrogens is 144 g/mol. The minimum Gasteiger partial charge on any atom is -0.302 e. The first-order chi connectivity index (χ1) is 4.47. The van der Waals surface area contributed by atoms with Crippen LogP contribution in [0.25, 0.3) is 0 Å². The van der Waals surface area contributed by atoms with Gasteiger partial charge in [-0.05, 0) is 12.8 Å². The first-order valence-corrected chi connectivity index (χ1v) is 4.46. The molecular formula is C8H14OS. The summed E-state index contributed by atoms with van der Waals surface area (Å²) < 4.78 is 0.246. The van der Waals surface area contributed by atoms with E-state index in [1.807, 2.05) is 0 Å². The van der Waals surface area contributed by atoms with Crippen LogP contribution in [0.3, 0.4) is 0 Å². The van der Waals surface area contributed by atoms with Gasteiger partial charge in [-0.2, -0.15) is 0 Å². The second-order valence-corrected chi connectivity index (χ2v) is 6.14. The van der Waals surface area contributed by atoms with Crippen molar-refractivity contribution in [1.29, 1.82) is 0 Å². The lowest BCUT2D eigenvalue weighted by Crippen LogP contribution is -2.17. The third kappa shape index (κ3) is 2.01. The van der Waals surface area contributed by atoms with Gasteiger partial charge in [0, 0.05) is 4.75 Å². The summed E-state index contributed by atoms with van der Waals surface area (Å²) in [4.78, 5) is 10.5. The maximum Gasteiger partial charge on any atom is 0.136 e. The number of thioether (sulfide) groups is 1. The van der Waals surface area contributed by atoms with Crippen molar-refractivity contribution in [2.45, 2.75) is 43.1 Å². The van der Waals surface area contributed by atoms with E-state index < -0.39 is 0 Å². The standard InChI is InChI=1S/C8H14OS/c1-7(2,3)10-8(6-9)4-5-8/h6H,4-5H2,1-3H3. The summed E-state index contributed by atoms with van der Waals surface area (Å²) in [6.45, 7) is 6.46. The monoisotopic (exact) mass is 158 g/mol. The van der Waals surface area contributed by atoms with E-state index in [0.29, 0.717) is 0 Å². The van der Waals surface area contributed by atoms with Crippen LogP contribution in [0, 0.1) is 0 Å². The van der Waals surface area contributed by atoms with Crippen LogP contribution in [0.2, 0.25) is 0 Å². The quantitative estimate of drug-likeness (QED) is 0.573.